The van der Waals surface area contributed by atoms with E-state index in [1.54, 1.807) is 7.05 Å². The predicted octanol–water partition coefficient (Wildman–Crippen LogP) is 0.529. The first-order valence-corrected chi connectivity index (χ1v) is 6.82. The summed E-state index contributed by atoms with van der Waals surface area (Å²) < 4.78 is 4.82. The van der Waals surface area contributed by atoms with E-state index in [4.69, 9.17) is 0 Å². The Labute approximate surface area is 124 Å². The highest BCUT2D eigenvalue weighted by molar-refractivity contribution is 5.72. The van der Waals surface area contributed by atoms with Crippen LogP contribution in [0, 0.1) is 6.92 Å². The van der Waals surface area contributed by atoms with Gasteiger partial charge in [0.15, 0.2) is 5.65 Å². The Morgan fingerprint density at radius 1 is 1.27 bits per heavy atom. The highest BCUT2D eigenvalue weighted by atomic mass is 16.1. The lowest BCUT2D eigenvalue weighted by atomic mass is 10.4. The van der Waals surface area contributed by atoms with Crippen LogP contribution in [0.3, 0.4) is 0 Å². The number of imidazole rings is 1. The van der Waals surface area contributed by atoms with Crippen LogP contribution in [0.25, 0.3) is 16.7 Å². The van der Waals surface area contributed by atoms with Crippen molar-refractivity contribution in [2.75, 3.05) is 0 Å². The van der Waals surface area contributed by atoms with E-state index in [1.807, 2.05) is 35.7 Å². The summed E-state index contributed by atoms with van der Waals surface area (Å²) in [6, 6.07) is 5.89. The minimum atomic E-state index is -0.216. The Balaban J connectivity index is 1.80. The van der Waals surface area contributed by atoms with Crippen LogP contribution in [-0.2, 0) is 13.6 Å². The molecule has 0 spiro atoms. The number of rotatable bonds is 2. The lowest BCUT2D eigenvalue weighted by Gasteiger charge is -2.00. The molecule has 110 valence electrons. The van der Waals surface area contributed by atoms with Crippen molar-refractivity contribution in [3.63, 3.8) is 0 Å². The largest absolute Gasteiger partial charge is 0.304 e. The van der Waals surface area contributed by atoms with Crippen molar-refractivity contribution in [1.82, 2.24) is 34.2 Å². The number of pyridine rings is 1. The Kier molecular flexibility index (Phi) is 2.59. The van der Waals surface area contributed by atoms with Gasteiger partial charge in [0.1, 0.15) is 11.0 Å². The number of aromatic nitrogens is 7. The van der Waals surface area contributed by atoms with E-state index in [-0.39, 0.29) is 12.1 Å². The summed E-state index contributed by atoms with van der Waals surface area (Å²) in [5, 5.41) is 12.5. The van der Waals surface area contributed by atoms with Crippen molar-refractivity contribution in [2.45, 2.75) is 13.5 Å². The second-order valence-electron chi connectivity index (χ2n) is 5.19. The van der Waals surface area contributed by atoms with Gasteiger partial charge in [-0.05, 0) is 19.1 Å². The van der Waals surface area contributed by atoms with Crippen molar-refractivity contribution in [1.29, 1.82) is 0 Å². The summed E-state index contributed by atoms with van der Waals surface area (Å²) in [5.74, 6) is 0. The van der Waals surface area contributed by atoms with Gasteiger partial charge >= 0.3 is 0 Å². The maximum Gasteiger partial charge on any atom is 0.281 e. The smallest absolute Gasteiger partial charge is 0.281 e. The topological polar surface area (TPSA) is 82.9 Å². The summed E-state index contributed by atoms with van der Waals surface area (Å²) in [5.41, 5.74) is 2.95. The summed E-state index contributed by atoms with van der Waals surface area (Å²) in [4.78, 5) is 16.9. The van der Waals surface area contributed by atoms with Gasteiger partial charge in [0.05, 0.1) is 18.4 Å². The molecule has 8 heteroatoms. The first-order chi connectivity index (χ1) is 10.6. The maximum absolute atomic E-state index is 12.4. The molecule has 0 saturated heterocycles. The molecule has 0 N–H and O–H groups in total. The highest BCUT2D eigenvalue weighted by Gasteiger charge is 2.11. The lowest BCUT2D eigenvalue weighted by molar-refractivity contribution is 0.589. The van der Waals surface area contributed by atoms with Gasteiger partial charge in [0, 0.05) is 18.9 Å². The summed E-state index contributed by atoms with van der Waals surface area (Å²) in [7, 11) is 1.73. The van der Waals surface area contributed by atoms with Gasteiger partial charge < -0.3 is 4.40 Å². The van der Waals surface area contributed by atoms with E-state index < -0.39 is 0 Å². The van der Waals surface area contributed by atoms with Crippen molar-refractivity contribution >= 4 is 16.7 Å². The molecular formula is C14H13N7O. The molecule has 4 aromatic rings. The quantitative estimate of drug-likeness (QED) is 0.538. The number of nitrogens with zero attached hydrogens (tertiary/aromatic N) is 7. The summed E-state index contributed by atoms with van der Waals surface area (Å²) in [6.07, 6.45) is 3.42. The van der Waals surface area contributed by atoms with Gasteiger partial charge in [0.25, 0.3) is 5.56 Å². The van der Waals surface area contributed by atoms with E-state index in [0.717, 1.165) is 17.0 Å². The molecule has 0 aliphatic rings. The number of hydrogen-bond donors (Lipinski definition) is 0. The Bertz CT molecular complexity index is 1060. The highest BCUT2D eigenvalue weighted by Crippen LogP contribution is 2.09. The Morgan fingerprint density at radius 3 is 2.95 bits per heavy atom. The van der Waals surface area contributed by atoms with Gasteiger partial charge in [0.2, 0.25) is 0 Å². The molecule has 4 rings (SSSR count). The van der Waals surface area contributed by atoms with Gasteiger partial charge in [-0.1, -0.05) is 11.3 Å². The van der Waals surface area contributed by atoms with Crippen molar-refractivity contribution in [3.05, 3.63) is 52.3 Å². The van der Waals surface area contributed by atoms with E-state index in [9.17, 15) is 4.79 Å². The number of hydrogen-bond acceptors (Lipinski definition) is 5. The van der Waals surface area contributed by atoms with E-state index in [0.29, 0.717) is 11.0 Å². The van der Waals surface area contributed by atoms with Crippen LogP contribution in [0.5, 0.6) is 0 Å². The van der Waals surface area contributed by atoms with Gasteiger partial charge in [-0.3, -0.25) is 4.79 Å². The molecule has 0 aliphatic heterocycles. The predicted molar refractivity (Wildman–Crippen MR) is 79.6 cm³/mol. The van der Waals surface area contributed by atoms with Crippen LogP contribution >= 0.6 is 0 Å². The number of aryl methyl sites for hydroxylation is 2. The molecule has 0 saturated carbocycles. The monoisotopic (exact) mass is 295 g/mol. The molecule has 0 aromatic carbocycles. The molecule has 0 bridgehead atoms. The molecule has 0 radical (unpaired) electrons. The van der Waals surface area contributed by atoms with Crippen LogP contribution in [-0.4, -0.2) is 34.2 Å². The fraction of sp³-hybridized carbons (Fsp3) is 0.214. The Hall–Kier alpha value is -3.03. The standard InChI is InChI=1S/C14H13N7O/c1-9-4-3-5-12-16-10(7-20(9)12)8-21-14(22)11-6-15-19(2)13(11)17-18-21/h3-7H,8H2,1-2H3. The van der Waals surface area contributed by atoms with Crippen molar-refractivity contribution in [3.8, 4) is 0 Å². The molecule has 0 unspecified atom stereocenters. The van der Waals surface area contributed by atoms with Crippen LogP contribution in [0.1, 0.15) is 11.4 Å². The zero-order valence-electron chi connectivity index (χ0n) is 12.1. The van der Waals surface area contributed by atoms with E-state index in [1.165, 1.54) is 15.6 Å². The second-order valence-corrected chi connectivity index (χ2v) is 5.19. The third kappa shape index (κ3) is 1.80. The van der Waals surface area contributed by atoms with Gasteiger partial charge in [-0.2, -0.15) is 5.10 Å². The molecule has 0 atom stereocenters. The fourth-order valence-electron chi connectivity index (χ4n) is 2.51. The number of fused-ring (bicyclic) bond motifs is 2. The van der Waals surface area contributed by atoms with Crippen LogP contribution in [0.2, 0.25) is 0 Å². The van der Waals surface area contributed by atoms with Crippen LogP contribution in [0.15, 0.2) is 35.4 Å². The molecule has 4 aromatic heterocycles. The van der Waals surface area contributed by atoms with Gasteiger partial charge in [-0.15, -0.1) is 5.10 Å². The minimum Gasteiger partial charge on any atom is -0.304 e. The van der Waals surface area contributed by atoms with Crippen LogP contribution < -0.4 is 5.56 Å². The first-order valence-electron chi connectivity index (χ1n) is 6.82. The molecule has 8 nitrogen and oxygen atoms in total. The maximum atomic E-state index is 12.4. The lowest BCUT2D eigenvalue weighted by Crippen LogP contribution is -2.24. The molecule has 0 fully saturated rings. The Morgan fingerprint density at radius 2 is 2.14 bits per heavy atom. The summed E-state index contributed by atoms with van der Waals surface area (Å²) >= 11 is 0. The average Bonchev–Trinajstić information content (AvgIpc) is 3.07. The molecular weight excluding hydrogens is 282 g/mol. The molecule has 4 heterocycles. The zero-order chi connectivity index (χ0) is 15.3. The molecule has 0 amide bonds. The third-order valence-electron chi connectivity index (χ3n) is 3.68. The van der Waals surface area contributed by atoms with Crippen molar-refractivity contribution in [2.24, 2.45) is 7.05 Å². The van der Waals surface area contributed by atoms with Crippen LogP contribution in [0.4, 0.5) is 0 Å². The normalized spacial score (nSPS) is 11.5. The summed E-state index contributed by atoms with van der Waals surface area (Å²) in [6.45, 7) is 2.28. The molecule has 0 aliphatic carbocycles. The average molecular weight is 295 g/mol. The zero-order valence-corrected chi connectivity index (χ0v) is 12.1. The third-order valence-corrected chi connectivity index (χ3v) is 3.68. The fourth-order valence-corrected chi connectivity index (χ4v) is 2.51. The minimum absolute atomic E-state index is 0.216. The van der Waals surface area contributed by atoms with Crippen molar-refractivity contribution < 1.29 is 0 Å². The van der Waals surface area contributed by atoms with E-state index in [2.05, 4.69) is 20.4 Å². The van der Waals surface area contributed by atoms with Gasteiger partial charge in [-0.25, -0.2) is 14.3 Å². The van der Waals surface area contributed by atoms with E-state index >= 15 is 0 Å². The molecule has 22 heavy (non-hydrogen) atoms. The SMILES string of the molecule is Cc1cccc2nc(Cn3nnc4c(cnn4C)c3=O)cn12. The first kappa shape index (κ1) is 12.7. The second kappa shape index (κ2) is 4.48.